The molecule has 2 unspecified atom stereocenters. The number of halogens is 1. The van der Waals surface area contributed by atoms with E-state index in [9.17, 15) is 4.79 Å². The van der Waals surface area contributed by atoms with Crippen molar-refractivity contribution in [2.24, 2.45) is 5.92 Å². The third kappa shape index (κ3) is 2.49. The Morgan fingerprint density at radius 1 is 1.33 bits per heavy atom. The molecule has 0 N–H and O–H groups in total. The molecule has 98 valence electrons. The Morgan fingerprint density at radius 3 is 2.89 bits per heavy atom. The van der Waals surface area contributed by atoms with E-state index in [1.165, 1.54) is 17.7 Å². The van der Waals surface area contributed by atoms with Gasteiger partial charge in [-0.25, -0.2) is 0 Å². The molecule has 0 bridgehead atoms. The highest BCUT2D eigenvalue weighted by Crippen LogP contribution is 2.35. The number of hydrogen-bond donors (Lipinski definition) is 0. The van der Waals surface area contributed by atoms with Gasteiger partial charge in [-0.2, -0.15) is 0 Å². The molecule has 0 aromatic carbocycles. The predicted octanol–water partition coefficient (Wildman–Crippen LogP) is 3.74. The number of Topliss-reactive ketones (excluding diaryl/α,β-unsaturated/α-hetero) is 1. The lowest BCUT2D eigenvalue weighted by Crippen LogP contribution is -2.36. The molecule has 0 amide bonds. The van der Waals surface area contributed by atoms with Crippen LogP contribution in [-0.2, 0) is 11.3 Å². The molecule has 1 aliphatic carbocycles. The molecule has 2 atom stereocenters. The number of hydrogen-bond acceptors (Lipinski definition) is 3. The molecule has 2 aliphatic rings. The van der Waals surface area contributed by atoms with Crippen LogP contribution in [0.2, 0.25) is 4.34 Å². The summed E-state index contributed by atoms with van der Waals surface area (Å²) in [7, 11) is 0. The van der Waals surface area contributed by atoms with Gasteiger partial charge in [-0.3, -0.25) is 9.69 Å². The second-order valence-electron chi connectivity index (χ2n) is 5.35. The van der Waals surface area contributed by atoms with E-state index in [4.69, 9.17) is 11.6 Å². The van der Waals surface area contributed by atoms with E-state index < -0.39 is 0 Å². The van der Waals surface area contributed by atoms with Crippen LogP contribution in [0.4, 0.5) is 0 Å². The minimum atomic E-state index is 0.308. The maximum atomic E-state index is 11.9. The van der Waals surface area contributed by atoms with E-state index >= 15 is 0 Å². The van der Waals surface area contributed by atoms with Crippen LogP contribution in [0, 0.1) is 5.92 Å². The Morgan fingerprint density at radius 2 is 2.22 bits per heavy atom. The summed E-state index contributed by atoms with van der Waals surface area (Å²) in [6.45, 7) is 2.09. The molecule has 1 aliphatic heterocycles. The van der Waals surface area contributed by atoms with Crippen molar-refractivity contribution in [1.82, 2.24) is 4.90 Å². The zero-order valence-corrected chi connectivity index (χ0v) is 12.0. The highest BCUT2D eigenvalue weighted by atomic mass is 35.5. The van der Waals surface area contributed by atoms with Crippen molar-refractivity contribution >= 4 is 28.7 Å². The molecule has 1 aromatic rings. The standard InChI is InChI=1S/C14H18ClNOS/c15-14-7-6-10(18-14)9-16-8-2-4-12(16)11-3-1-5-13(11)17/h6-7,11-12H,1-5,8-9H2. The summed E-state index contributed by atoms with van der Waals surface area (Å²) < 4.78 is 0.859. The van der Waals surface area contributed by atoms with E-state index in [0.717, 1.165) is 36.7 Å². The first-order valence-corrected chi connectivity index (χ1v) is 7.94. The molecule has 3 rings (SSSR count). The number of carbonyl (C=O) groups excluding carboxylic acids is 1. The Hall–Kier alpha value is -0.380. The van der Waals surface area contributed by atoms with Crippen LogP contribution < -0.4 is 0 Å². The van der Waals surface area contributed by atoms with E-state index in [0.29, 0.717) is 17.7 Å². The van der Waals surface area contributed by atoms with Gasteiger partial charge in [0, 0.05) is 29.8 Å². The Bertz CT molecular complexity index is 445. The fourth-order valence-electron chi connectivity index (χ4n) is 3.39. The van der Waals surface area contributed by atoms with Gasteiger partial charge in [-0.1, -0.05) is 11.6 Å². The summed E-state index contributed by atoms with van der Waals surface area (Å²) in [5.41, 5.74) is 0. The summed E-state index contributed by atoms with van der Waals surface area (Å²) in [6, 6.07) is 4.56. The molecular formula is C14H18ClNOS. The summed E-state index contributed by atoms with van der Waals surface area (Å²) in [4.78, 5) is 15.7. The van der Waals surface area contributed by atoms with E-state index in [1.54, 1.807) is 11.3 Å². The van der Waals surface area contributed by atoms with Crippen molar-refractivity contribution in [3.05, 3.63) is 21.3 Å². The number of nitrogens with zero attached hydrogens (tertiary/aromatic N) is 1. The van der Waals surface area contributed by atoms with Crippen LogP contribution in [0.1, 0.15) is 37.0 Å². The summed E-state index contributed by atoms with van der Waals surface area (Å²) in [5, 5.41) is 0. The Balaban J connectivity index is 1.69. The number of thiophene rings is 1. The maximum Gasteiger partial charge on any atom is 0.137 e. The van der Waals surface area contributed by atoms with Crippen molar-refractivity contribution in [3.8, 4) is 0 Å². The third-order valence-corrected chi connectivity index (χ3v) is 5.43. The smallest absolute Gasteiger partial charge is 0.137 e. The SMILES string of the molecule is O=C1CCCC1C1CCCN1Cc1ccc(Cl)s1. The molecular weight excluding hydrogens is 266 g/mol. The van der Waals surface area contributed by atoms with Crippen LogP contribution in [0.5, 0.6) is 0 Å². The van der Waals surface area contributed by atoms with Crippen molar-refractivity contribution < 1.29 is 4.79 Å². The van der Waals surface area contributed by atoms with Gasteiger partial charge in [0.15, 0.2) is 0 Å². The van der Waals surface area contributed by atoms with Gasteiger partial charge in [-0.05, 0) is 44.4 Å². The topological polar surface area (TPSA) is 20.3 Å². The van der Waals surface area contributed by atoms with E-state index in [2.05, 4.69) is 11.0 Å². The fourth-order valence-corrected chi connectivity index (χ4v) is 4.50. The van der Waals surface area contributed by atoms with E-state index in [1.807, 2.05) is 6.07 Å². The molecule has 2 fully saturated rings. The largest absolute Gasteiger partial charge is 0.299 e. The number of likely N-dealkylation sites (tertiary alicyclic amines) is 1. The molecule has 0 spiro atoms. The maximum absolute atomic E-state index is 11.9. The number of rotatable bonds is 3. The second-order valence-corrected chi connectivity index (χ2v) is 7.15. The molecule has 1 saturated carbocycles. The van der Waals surface area contributed by atoms with Gasteiger partial charge in [0.1, 0.15) is 5.78 Å². The number of carbonyl (C=O) groups is 1. The first-order valence-electron chi connectivity index (χ1n) is 6.75. The van der Waals surface area contributed by atoms with Gasteiger partial charge in [-0.15, -0.1) is 11.3 Å². The van der Waals surface area contributed by atoms with Gasteiger partial charge in [0.05, 0.1) is 4.34 Å². The monoisotopic (exact) mass is 283 g/mol. The summed E-state index contributed by atoms with van der Waals surface area (Å²) >= 11 is 7.64. The van der Waals surface area contributed by atoms with Gasteiger partial charge >= 0.3 is 0 Å². The average Bonchev–Trinajstić information content (AvgIpc) is 3.02. The molecule has 2 heterocycles. The van der Waals surface area contributed by atoms with Gasteiger partial charge in [0.2, 0.25) is 0 Å². The predicted molar refractivity (Wildman–Crippen MR) is 75.1 cm³/mol. The fraction of sp³-hybridized carbons (Fsp3) is 0.643. The van der Waals surface area contributed by atoms with Crippen LogP contribution in [0.15, 0.2) is 12.1 Å². The van der Waals surface area contributed by atoms with Crippen molar-refractivity contribution in [3.63, 3.8) is 0 Å². The first kappa shape index (κ1) is 12.6. The summed E-state index contributed by atoms with van der Waals surface area (Å²) in [6.07, 6.45) is 5.42. The minimum Gasteiger partial charge on any atom is -0.299 e. The molecule has 1 saturated heterocycles. The van der Waals surface area contributed by atoms with Crippen molar-refractivity contribution in [2.45, 2.75) is 44.7 Å². The quantitative estimate of drug-likeness (QED) is 0.842. The van der Waals surface area contributed by atoms with Crippen molar-refractivity contribution in [2.75, 3.05) is 6.54 Å². The van der Waals surface area contributed by atoms with Crippen LogP contribution >= 0.6 is 22.9 Å². The Labute approximate surface area is 117 Å². The lowest BCUT2D eigenvalue weighted by Gasteiger charge is -2.28. The van der Waals surface area contributed by atoms with Crippen LogP contribution in [0.3, 0.4) is 0 Å². The zero-order chi connectivity index (χ0) is 12.5. The highest BCUT2D eigenvalue weighted by Gasteiger charge is 2.37. The van der Waals surface area contributed by atoms with Crippen LogP contribution in [-0.4, -0.2) is 23.3 Å². The van der Waals surface area contributed by atoms with E-state index in [-0.39, 0.29) is 0 Å². The molecule has 18 heavy (non-hydrogen) atoms. The summed E-state index contributed by atoms with van der Waals surface area (Å²) in [5.74, 6) is 0.805. The Kier molecular flexibility index (Phi) is 3.73. The lowest BCUT2D eigenvalue weighted by atomic mass is 9.95. The molecule has 2 nitrogen and oxygen atoms in total. The van der Waals surface area contributed by atoms with Crippen LogP contribution in [0.25, 0.3) is 0 Å². The molecule has 4 heteroatoms. The highest BCUT2D eigenvalue weighted by molar-refractivity contribution is 7.16. The van der Waals surface area contributed by atoms with Gasteiger partial charge < -0.3 is 0 Å². The van der Waals surface area contributed by atoms with Gasteiger partial charge in [0.25, 0.3) is 0 Å². The second kappa shape index (κ2) is 5.32. The lowest BCUT2D eigenvalue weighted by molar-refractivity contribution is -0.122. The number of ketones is 1. The first-order chi connectivity index (χ1) is 8.74. The molecule has 1 aromatic heterocycles. The zero-order valence-electron chi connectivity index (χ0n) is 10.4. The molecule has 0 radical (unpaired) electrons. The van der Waals surface area contributed by atoms with Crippen molar-refractivity contribution in [1.29, 1.82) is 0 Å². The average molecular weight is 284 g/mol. The third-order valence-electron chi connectivity index (χ3n) is 4.22. The minimum absolute atomic E-state index is 0.308. The normalized spacial score (nSPS) is 29.3.